The first-order valence-corrected chi connectivity index (χ1v) is 5.86. The number of nitrogens with zero attached hydrogens (tertiary/aromatic N) is 4. The molecule has 0 saturated carbocycles. The van der Waals surface area contributed by atoms with Crippen LogP contribution in [0.4, 0.5) is 5.69 Å². The van der Waals surface area contributed by atoms with Crippen LogP contribution in [-0.2, 0) is 13.6 Å². The second kappa shape index (κ2) is 5.42. The van der Waals surface area contributed by atoms with Crippen molar-refractivity contribution in [2.45, 2.75) is 6.54 Å². The van der Waals surface area contributed by atoms with E-state index in [1.807, 2.05) is 0 Å². The maximum atomic E-state index is 12.0. The molecule has 0 aliphatic heterocycles. The lowest BCUT2D eigenvalue weighted by Gasteiger charge is -2.04. The minimum absolute atomic E-state index is 0.362. The van der Waals surface area contributed by atoms with E-state index in [2.05, 4.69) is 0 Å². The Bertz CT molecular complexity index is 825. The third-order valence-corrected chi connectivity index (χ3v) is 2.87. The van der Waals surface area contributed by atoms with Crippen LogP contribution in [0.2, 0.25) is 0 Å². The molecule has 21 heavy (non-hydrogen) atoms. The highest BCUT2D eigenvalue weighted by molar-refractivity contribution is 5.95. The molecule has 0 radical (unpaired) electrons. The smallest absolute Gasteiger partial charge is 0.287 e. The van der Waals surface area contributed by atoms with E-state index in [-0.39, 0.29) is 17.9 Å². The fourth-order valence-electron chi connectivity index (χ4n) is 1.83. The van der Waals surface area contributed by atoms with Crippen molar-refractivity contribution in [3.05, 3.63) is 62.3 Å². The first-order chi connectivity index (χ1) is 9.92. The van der Waals surface area contributed by atoms with E-state index in [4.69, 9.17) is 5.26 Å². The normalized spacial score (nSPS) is 10.1. The number of hydrogen-bond acceptors (Lipinski definition) is 5. The molecule has 0 N–H and O–H groups in total. The van der Waals surface area contributed by atoms with Crippen LogP contribution in [0.15, 0.2) is 35.5 Å². The van der Waals surface area contributed by atoms with Crippen molar-refractivity contribution in [1.82, 2.24) is 9.13 Å². The Hall–Kier alpha value is -3.21. The van der Waals surface area contributed by atoms with Gasteiger partial charge in [0.15, 0.2) is 5.78 Å². The molecule has 0 saturated heterocycles. The molecule has 0 aliphatic rings. The summed E-state index contributed by atoms with van der Waals surface area (Å²) in [5.74, 6) is -0.373. The van der Waals surface area contributed by atoms with Gasteiger partial charge in [-0.1, -0.05) is 0 Å². The minimum Gasteiger partial charge on any atom is -0.357 e. The molecule has 0 amide bonds. The summed E-state index contributed by atoms with van der Waals surface area (Å²) in [6.07, 6.45) is 4.21. The van der Waals surface area contributed by atoms with Gasteiger partial charge in [-0.05, 0) is 6.07 Å². The molecule has 8 heteroatoms. The van der Waals surface area contributed by atoms with Crippen molar-refractivity contribution in [3.63, 3.8) is 0 Å². The summed E-state index contributed by atoms with van der Waals surface area (Å²) in [6, 6.07) is 4.07. The minimum atomic E-state index is -0.729. The average Bonchev–Trinajstić information content (AvgIpc) is 2.87. The molecule has 0 atom stereocenters. The second-order valence-electron chi connectivity index (χ2n) is 4.40. The standard InChI is InChI=1S/C13H10N4O4/c1-15-3-2-9(6-15)12(18)8-16-7-11(17(20)21)4-10(5-14)13(16)19/h2-4,6-7H,8H2,1H3. The summed E-state index contributed by atoms with van der Waals surface area (Å²) in [5.41, 5.74) is -1.13. The Morgan fingerprint density at radius 1 is 1.48 bits per heavy atom. The highest BCUT2D eigenvalue weighted by Crippen LogP contribution is 2.10. The summed E-state index contributed by atoms with van der Waals surface area (Å²) in [6.45, 7) is -0.362. The van der Waals surface area contributed by atoms with Crippen LogP contribution < -0.4 is 5.56 Å². The lowest BCUT2D eigenvalue weighted by molar-refractivity contribution is -0.385. The zero-order chi connectivity index (χ0) is 15.6. The molecule has 0 unspecified atom stereocenters. The maximum Gasteiger partial charge on any atom is 0.287 e. The van der Waals surface area contributed by atoms with E-state index >= 15 is 0 Å². The van der Waals surface area contributed by atoms with Crippen LogP contribution in [0.1, 0.15) is 15.9 Å². The maximum absolute atomic E-state index is 12.0. The predicted octanol–water partition coefficient (Wildman–Crippen LogP) is 0.850. The number of aromatic nitrogens is 2. The highest BCUT2D eigenvalue weighted by Gasteiger charge is 2.16. The van der Waals surface area contributed by atoms with E-state index in [0.717, 1.165) is 16.8 Å². The van der Waals surface area contributed by atoms with Crippen LogP contribution in [0.5, 0.6) is 0 Å². The van der Waals surface area contributed by atoms with E-state index in [1.54, 1.807) is 36.1 Å². The van der Waals surface area contributed by atoms with Gasteiger partial charge in [0.05, 0.1) is 17.7 Å². The number of pyridine rings is 1. The summed E-state index contributed by atoms with van der Waals surface area (Å²) in [4.78, 5) is 34.0. The Morgan fingerprint density at radius 2 is 2.19 bits per heavy atom. The second-order valence-corrected chi connectivity index (χ2v) is 4.40. The lowest BCUT2D eigenvalue weighted by atomic mass is 10.2. The molecule has 0 spiro atoms. The van der Waals surface area contributed by atoms with Crippen LogP contribution in [0, 0.1) is 21.4 Å². The quantitative estimate of drug-likeness (QED) is 0.470. The number of carbonyl (C=O) groups is 1. The van der Waals surface area contributed by atoms with Gasteiger partial charge in [0, 0.05) is 31.1 Å². The third kappa shape index (κ3) is 2.87. The fourth-order valence-corrected chi connectivity index (χ4v) is 1.83. The Kier molecular flexibility index (Phi) is 3.67. The van der Waals surface area contributed by atoms with Gasteiger partial charge in [-0.15, -0.1) is 0 Å². The van der Waals surface area contributed by atoms with E-state index in [1.165, 1.54) is 0 Å². The van der Waals surface area contributed by atoms with Crippen molar-refractivity contribution in [3.8, 4) is 6.07 Å². The molecule has 0 aromatic carbocycles. The summed E-state index contributed by atoms with van der Waals surface area (Å²) >= 11 is 0. The first-order valence-electron chi connectivity index (χ1n) is 5.86. The molecule has 2 aromatic rings. The Balaban J connectivity index is 2.42. The van der Waals surface area contributed by atoms with Gasteiger partial charge in [-0.2, -0.15) is 5.26 Å². The molecule has 2 rings (SSSR count). The number of nitriles is 1. The molecule has 106 valence electrons. The predicted molar refractivity (Wildman–Crippen MR) is 71.8 cm³/mol. The zero-order valence-electron chi connectivity index (χ0n) is 11.0. The molecule has 0 bridgehead atoms. The van der Waals surface area contributed by atoms with E-state index in [0.29, 0.717) is 5.56 Å². The number of ketones is 1. The SMILES string of the molecule is Cn1ccc(C(=O)Cn2cc([N+](=O)[O-])cc(C#N)c2=O)c1. The van der Waals surface area contributed by atoms with Crippen molar-refractivity contribution >= 4 is 11.5 Å². The van der Waals surface area contributed by atoms with Gasteiger partial charge in [0.25, 0.3) is 11.2 Å². The highest BCUT2D eigenvalue weighted by atomic mass is 16.6. The zero-order valence-corrected chi connectivity index (χ0v) is 11.0. The molecule has 2 heterocycles. The average molecular weight is 286 g/mol. The Morgan fingerprint density at radius 3 is 2.71 bits per heavy atom. The van der Waals surface area contributed by atoms with Crippen LogP contribution in [-0.4, -0.2) is 19.8 Å². The van der Waals surface area contributed by atoms with E-state index in [9.17, 15) is 19.7 Å². The number of hydrogen-bond donors (Lipinski definition) is 0. The molecular weight excluding hydrogens is 276 g/mol. The van der Waals surface area contributed by atoms with Gasteiger partial charge in [-0.3, -0.25) is 24.3 Å². The number of rotatable bonds is 4. The monoisotopic (exact) mass is 286 g/mol. The van der Waals surface area contributed by atoms with Gasteiger partial charge in [0.2, 0.25) is 0 Å². The van der Waals surface area contributed by atoms with Gasteiger partial charge in [-0.25, -0.2) is 0 Å². The van der Waals surface area contributed by atoms with Crippen molar-refractivity contribution in [1.29, 1.82) is 5.26 Å². The first kappa shape index (κ1) is 14.2. The molecule has 0 aliphatic carbocycles. The molecular formula is C13H10N4O4. The van der Waals surface area contributed by atoms with Gasteiger partial charge in [0.1, 0.15) is 11.6 Å². The van der Waals surface area contributed by atoms with Crippen LogP contribution in [0.25, 0.3) is 0 Å². The van der Waals surface area contributed by atoms with Crippen LogP contribution >= 0.6 is 0 Å². The van der Waals surface area contributed by atoms with Crippen LogP contribution in [0.3, 0.4) is 0 Å². The number of carbonyl (C=O) groups excluding carboxylic acids is 1. The van der Waals surface area contributed by atoms with Crippen molar-refractivity contribution in [2.75, 3.05) is 0 Å². The summed E-state index contributed by atoms with van der Waals surface area (Å²) in [7, 11) is 1.74. The topological polar surface area (TPSA) is 111 Å². The largest absolute Gasteiger partial charge is 0.357 e. The van der Waals surface area contributed by atoms with Crippen molar-refractivity contribution < 1.29 is 9.72 Å². The van der Waals surface area contributed by atoms with Gasteiger partial charge < -0.3 is 4.57 Å². The lowest BCUT2D eigenvalue weighted by Crippen LogP contribution is -2.26. The number of nitro groups is 1. The molecule has 2 aromatic heterocycles. The molecule has 0 fully saturated rings. The summed E-state index contributed by atoms with van der Waals surface area (Å²) < 4.78 is 2.55. The number of aryl methyl sites for hydroxylation is 1. The third-order valence-electron chi connectivity index (χ3n) is 2.87. The summed E-state index contributed by atoms with van der Waals surface area (Å²) in [5, 5.41) is 19.6. The Labute approximate surface area is 118 Å². The fraction of sp³-hybridized carbons (Fsp3) is 0.154. The number of Topliss-reactive ketones (excluding diaryl/α,β-unsaturated/α-hetero) is 1. The van der Waals surface area contributed by atoms with Crippen molar-refractivity contribution in [2.24, 2.45) is 7.05 Å². The van der Waals surface area contributed by atoms with E-state index < -0.39 is 16.2 Å². The van der Waals surface area contributed by atoms with Gasteiger partial charge >= 0.3 is 0 Å². The molecule has 8 nitrogen and oxygen atoms in total.